The van der Waals surface area contributed by atoms with E-state index < -0.39 is 0 Å². The van der Waals surface area contributed by atoms with Crippen LogP contribution in [0.25, 0.3) is 20.7 Å². The van der Waals surface area contributed by atoms with Crippen molar-refractivity contribution in [2.24, 2.45) is 0 Å². The van der Waals surface area contributed by atoms with E-state index in [1.165, 1.54) is 22.8 Å². The SMILES string of the molecule is CC(=O)CCn1cnc2sc(C)c(-c3cccs3)c2c1=O. The second-order valence-electron chi connectivity index (χ2n) is 4.89. The van der Waals surface area contributed by atoms with Gasteiger partial charge in [0.15, 0.2) is 0 Å². The largest absolute Gasteiger partial charge is 0.300 e. The summed E-state index contributed by atoms with van der Waals surface area (Å²) in [5.74, 6) is 0.0713. The predicted molar refractivity (Wildman–Crippen MR) is 87.2 cm³/mol. The molecule has 3 rings (SSSR count). The first-order valence-electron chi connectivity index (χ1n) is 6.60. The first-order valence-corrected chi connectivity index (χ1v) is 8.29. The molecule has 0 radical (unpaired) electrons. The van der Waals surface area contributed by atoms with E-state index in [0.29, 0.717) is 18.4 Å². The van der Waals surface area contributed by atoms with E-state index in [2.05, 4.69) is 4.98 Å². The number of aryl methyl sites for hydroxylation is 2. The third-order valence-corrected chi connectivity index (χ3v) is 5.23. The Morgan fingerprint density at radius 2 is 2.24 bits per heavy atom. The summed E-state index contributed by atoms with van der Waals surface area (Å²) in [6.07, 6.45) is 1.90. The fraction of sp³-hybridized carbons (Fsp3) is 0.267. The van der Waals surface area contributed by atoms with Gasteiger partial charge in [-0.3, -0.25) is 14.2 Å². The van der Waals surface area contributed by atoms with Crippen molar-refractivity contribution in [1.29, 1.82) is 0 Å². The molecule has 0 aliphatic heterocycles. The summed E-state index contributed by atoms with van der Waals surface area (Å²) in [7, 11) is 0. The number of hydrogen-bond donors (Lipinski definition) is 0. The van der Waals surface area contributed by atoms with Gasteiger partial charge in [0.2, 0.25) is 0 Å². The number of nitrogens with zero attached hydrogens (tertiary/aromatic N) is 2. The van der Waals surface area contributed by atoms with Gasteiger partial charge in [-0.05, 0) is 25.3 Å². The second kappa shape index (κ2) is 5.54. The molecule has 0 aliphatic carbocycles. The number of aromatic nitrogens is 2. The van der Waals surface area contributed by atoms with Gasteiger partial charge in [-0.25, -0.2) is 4.98 Å². The fourth-order valence-corrected chi connectivity index (χ4v) is 4.19. The van der Waals surface area contributed by atoms with Crippen LogP contribution in [0.3, 0.4) is 0 Å². The molecule has 0 aromatic carbocycles. The molecule has 0 spiro atoms. The van der Waals surface area contributed by atoms with Gasteiger partial charge in [0.25, 0.3) is 5.56 Å². The summed E-state index contributed by atoms with van der Waals surface area (Å²) < 4.78 is 1.53. The maximum Gasteiger partial charge on any atom is 0.262 e. The Morgan fingerprint density at radius 1 is 1.43 bits per heavy atom. The first-order chi connectivity index (χ1) is 10.1. The van der Waals surface area contributed by atoms with Gasteiger partial charge >= 0.3 is 0 Å². The zero-order valence-electron chi connectivity index (χ0n) is 11.8. The molecule has 0 fully saturated rings. The number of ketones is 1. The van der Waals surface area contributed by atoms with Crippen molar-refractivity contribution in [2.75, 3.05) is 0 Å². The van der Waals surface area contributed by atoms with Crippen LogP contribution in [-0.4, -0.2) is 15.3 Å². The minimum absolute atomic E-state index is 0.0611. The smallest absolute Gasteiger partial charge is 0.262 e. The summed E-state index contributed by atoms with van der Waals surface area (Å²) in [5.41, 5.74) is 0.925. The van der Waals surface area contributed by atoms with Crippen LogP contribution in [0, 0.1) is 6.92 Å². The van der Waals surface area contributed by atoms with Gasteiger partial charge < -0.3 is 0 Å². The second-order valence-corrected chi connectivity index (χ2v) is 7.04. The molecule has 0 amide bonds. The Balaban J connectivity index is 2.20. The van der Waals surface area contributed by atoms with Crippen LogP contribution >= 0.6 is 22.7 Å². The zero-order chi connectivity index (χ0) is 15.0. The lowest BCUT2D eigenvalue weighted by Gasteiger charge is -2.04. The number of carbonyl (C=O) groups is 1. The van der Waals surface area contributed by atoms with Gasteiger partial charge in [-0.2, -0.15) is 0 Å². The highest BCUT2D eigenvalue weighted by Crippen LogP contribution is 2.37. The average Bonchev–Trinajstić information content (AvgIpc) is 3.04. The van der Waals surface area contributed by atoms with E-state index in [-0.39, 0.29) is 11.3 Å². The van der Waals surface area contributed by atoms with Crippen molar-refractivity contribution < 1.29 is 4.79 Å². The molecule has 0 aliphatic rings. The van der Waals surface area contributed by atoms with Gasteiger partial charge in [-0.1, -0.05) is 6.07 Å². The van der Waals surface area contributed by atoms with Crippen molar-refractivity contribution in [2.45, 2.75) is 26.8 Å². The number of Topliss-reactive ketones (excluding diaryl/α,β-unsaturated/α-hetero) is 1. The molecule has 21 heavy (non-hydrogen) atoms. The van der Waals surface area contributed by atoms with Gasteiger partial charge in [0, 0.05) is 28.3 Å². The van der Waals surface area contributed by atoms with Crippen molar-refractivity contribution in [3.8, 4) is 10.4 Å². The molecule has 108 valence electrons. The van der Waals surface area contributed by atoms with Gasteiger partial charge in [0.05, 0.1) is 11.7 Å². The molecule has 3 aromatic rings. The van der Waals surface area contributed by atoms with Crippen LogP contribution in [-0.2, 0) is 11.3 Å². The standard InChI is InChI=1S/C15H14N2O2S2/c1-9(18)5-6-17-8-16-14-13(15(17)19)12(10(2)21-14)11-4-3-7-20-11/h3-4,7-8H,5-6H2,1-2H3. The molecule has 0 unspecified atom stereocenters. The van der Waals surface area contributed by atoms with E-state index in [1.54, 1.807) is 17.7 Å². The summed E-state index contributed by atoms with van der Waals surface area (Å²) in [6, 6.07) is 4.00. The van der Waals surface area contributed by atoms with Crippen molar-refractivity contribution in [1.82, 2.24) is 9.55 Å². The lowest BCUT2D eigenvalue weighted by Crippen LogP contribution is -2.21. The van der Waals surface area contributed by atoms with Crippen LogP contribution in [0.15, 0.2) is 28.6 Å². The minimum atomic E-state index is -0.0611. The molecule has 3 heterocycles. The molecule has 0 N–H and O–H groups in total. The van der Waals surface area contributed by atoms with Crippen molar-refractivity contribution in [3.63, 3.8) is 0 Å². The molecule has 6 heteroatoms. The van der Waals surface area contributed by atoms with Gasteiger partial charge in [0.1, 0.15) is 10.6 Å². The van der Waals surface area contributed by atoms with E-state index >= 15 is 0 Å². The predicted octanol–water partition coefficient (Wildman–Crippen LogP) is 3.47. The third-order valence-electron chi connectivity index (χ3n) is 3.33. The van der Waals surface area contributed by atoms with E-state index in [1.807, 2.05) is 24.4 Å². The van der Waals surface area contributed by atoms with E-state index in [4.69, 9.17) is 0 Å². The zero-order valence-corrected chi connectivity index (χ0v) is 13.4. The number of rotatable bonds is 4. The molecule has 4 nitrogen and oxygen atoms in total. The molecule has 0 saturated heterocycles. The lowest BCUT2D eigenvalue weighted by atomic mass is 10.1. The molecule has 0 saturated carbocycles. The minimum Gasteiger partial charge on any atom is -0.300 e. The van der Waals surface area contributed by atoms with Crippen molar-refractivity contribution >= 4 is 38.7 Å². The molecule has 0 bridgehead atoms. The number of carbonyl (C=O) groups excluding carboxylic acids is 1. The topological polar surface area (TPSA) is 52.0 Å². The quantitative estimate of drug-likeness (QED) is 0.740. The van der Waals surface area contributed by atoms with Crippen LogP contribution in [0.1, 0.15) is 18.2 Å². The lowest BCUT2D eigenvalue weighted by molar-refractivity contribution is -0.117. The first kappa shape index (κ1) is 14.2. The highest BCUT2D eigenvalue weighted by molar-refractivity contribution is 7.20. The van der Waals surface area contributed by atoms with Gasteiger partial charge in [-0.15, -0.1) is 22.7 Å². The maximum atomic E-state index is 12.7. The summed E-state index contributed by atoms with van der Waals surface area (Å²) in [5, 5.41) is 2.68. The van der Waals surface area contributed by atoms with Crippen LogP contribution < -0.4 is 5.56 Å². The summed E-state index contributed by atoms with van der Waals surface area (Å²) >= 11 is 3.16. The Morgan fingerprint density at radius 3 is 2.90 bits per heavy atom. The fourth-order valence-electron chi connectivity index (χ4n) is 2.29. The molecule has 0 atom stereocenters. The average molecular weight is 318 g/mol. The Labute approximate surface area is 129 Å². The molecular weight excluding hydrogens is 304 g/mol. The normalized spacial score (nSPS) is 11.1. The Kier molecular flexibility index (Phi) is 3.73. The van der Waals surface area contributed by atoms with Crippen molar-refractivity contribution in [3.05, 3.63) is 39.1 Å². The molecular formula is C15H14N2O2S2. The number of hydrogen-bond acceptors (Lipinski definition) is 5. The van der Waals surface area contributed by atoms with Crippen LogP contribution in [0.4, 0.5) is 0 Å². The Bertz CT molecular complexity index is 860. The highest BCUT2D eigenvalue weighted by Gasteiger charge is 2.17. The maximum absolute atomic E-state index is 12.7. The Hall–Kier alpha value is -1.79. The summed E-state index contributed by atoms with van der Waals surface area (Å²) in [4.78, 5) is 31.1. The summed E-state index contributed by atoms with van der Waals surface area (Å²) in [6.45, 7) is 3.93. The van der Waals surface area contributed by atoms with E-state index in [9.17, 15) is 9.59 Å². The number of fused-ring (bicyclic) bond motifs is 1. The molecule has 3 aromatic heterocycles. The number of thiophene rings is 2. The van der Waals surface area contributed by atoms with Crippen LogP contribution in [0.5, 0.6) is 0 Å². The third kappa shape index (κ3) is 2.56. The monoisotopic (exact) mass is 318 g/mol. The van der Waals surface area contributed by atoms with E-state index in [0.717, 1.165) is 20.1 Å². The van der Waals surface area contributed by atoms with Crippen LogP contribution in [0.2, 0.25) is 0 Å². The highest BCUT2D eigenvalue weighted by atomic mass is 32.1.